The van der Waals surface area contributed by atoms with Crippen LogP contribution in [-0.2, 0) is 0 Å². The van der Waals surface area contributed by atoms with Crippen LogP contribution in [0.15, 0.2) is 42.5 Å². The number of carbonyl (C=O) groups excluding carboxylic acids is 1. The van der Waals surface area contributed by atoms with Crippen molar-refractivity contribution in [2.75, 3.05) is 17.7 Å². The Kier molecular flexibility index (Phi) is 5.92. The molecule has 0 bridgehead atoms. The minimum atomic E-state index is -0.511. The number of nitrogens with one attached hydrogen (secondary N) is 2. The summed E-state index contributed by atoms with van der Waals surface area (Å²) in [4.78, 5) is 20.8. The van der Waals surface area contributed by atoms with E-state index in [1.165, 1.54) is 12.1 Å². The minimum absolute atomic E-state index is 0.00190. The molecule has 150 valence electrons. The van der Waals surface area contributed by atoms with Crippen LogP contribution in [0.4, 0.5) is 20.6 Å². The molecule has 3 aromatic rings. The number of hydrogen-bond acceptors (Lipinski definition) is 5. The van der Waals surface area contributed by atoms with Crippen molar-refractivity contribution in [1.82, 2.24) is 9.97 Å². The average molecular weight is 396 g/mol. The first-order valence-corrected chi connectivity index (χ1v) is 8.87. The molecule has 8 heteroatoms. The second kappa shape index (κ2) is 8.55. The van der Waals surface area contributed by atoms with Crippen LogP contribution in [0.5, 0.6) is 17.5 Å². The summed E-state index contributed by atoms with van der Waals surface area (Å²) in [6.07, 6.45) is 0. The number of methoxy groups -OCH3 is 1. The second-order valence-corrected chi connectivity index (χ2v) is 6.34. The molecule has 1 heterocycles. The second-order valence-electron chi connectivity index (χ2n) is 6.34. The summed E-state index contributed by atoms with van der Waals surface area (Å²) in [6.45, 7) is 5.28. The number of ether oxygens (including phenoxy) is 2. The van der Waals surface area contributed by atoms with Crippen molar-refractivity contribution in [2.45, 2.75) is 20.8 Å². The summed E-state index contributed by atoms with van der Waals surface area (Å²) < 4.78 is 24.4. The lowest BCUT2D eigenvalue weighted by Gasteiger charge is -2.14. The molecule has 0 atom stereocenters. The van der Waals surface area contributed by atoms with Crippen LogP contribution in [0.1, 0.15) is 17.0 Å². The highest BCUT2D eigenvalue weighted by Crippen LogP contribution is 2.26. The van der Waals surface area contributed by atoms with Gasteiger partial charge >= 0.3 is 12.0 Å². The zero-order valence-electron chi connectivity index (χ0n) is 16.5. The Labute approximate surface area is 167 Å². The highest BCUT2D eigenvalue weighted by atomic mass is 19.1. The van der Waals surface area contributed by atoms with Crippen LogP contribution in [0.2, 0.25) is 0 Å². The molecule has 0 aliphatic rings. The predicted molar refractivity (Wildman–Crippen MR) is 108 cm³/mol. The number of aryl methyl sites for hydroxylation is 3. The van der Waals surface area contributed by atoms with Gasteiger partial charge in [0.25, 0.3) is 0 Å². The molecule has 0 aliphatic heterocycles. The third-order valence-electron chi connectivity index (χ3n) is 4.21. The Morgan fingerprint density at radius 1 is 1.00 bits per heavy atom. The molecule has 0 saturated carbocycles. The van der Waals surface area contributed by atoms with Crippen molar-refractivity contribution in [3.8, 4) is 17.5 Å². The smallest absolute Gasteiger partial charge is 0.323 e. The van der Waals surface area contributed by atoms with Crippen molar-refractivity contribution < 1.29 is 18.7 Å². The van der Waals surface area contributed by atoms with Gasteiger partial charge in [-0.05, 0) is 56.7 Å². The van der Waals surface area contributed by atoms with E-state index in [1.807, 2.05) is 13.0 Å². The number of para-hydroxylation sites is 1. The van der Waals surface area contributed by atoms with E-state index in [9.17, 15) is 9.18 Å². The third kappa shape index (κ3) is 4.78. The van der Waals surface area contributed by atoms with E-state index in [-0.39, 0.29) is 11.8 Å². The quantitative estimate of drug-likeness (QED) is 0.635. The lowest BCUT2D eigenvalue weighted by molar-refractivity contribution is 0.262. The van der Waals surface area contributed by atoms with Crippen molar-refractivity contribution in [2.24, 2.45) is 0 Å². The molecule has 2 aromatic carbocycles. The number of rotatable bonds is 5. The van der Waals surface area contributed by atoms with Crippen molar-refractivity contribution >= 4 is 17.4 Å². The molecule has 0 unspecified atom stereocenters. The SMILES string of the molecule is COc1ccc(NC(=O)Nc2c(C)nc(Oc3ccccc3F)nc2C)c(C)c1. The molecule has 2 N–H and O–H groups in total. The number of carbonyl (C=O) groups is 1. The van der Waals surface area contributed by atoms with E-state index in [0.717, 1.165) is 5.56 Å². The predicted octanol–water partition coefficient (Wildman–Crippen LogP) is 4.99. The lowest BCUT2D eigenvalue weighted by atomic mass is 10.2. The Hall–Kier alpha value is -3.68. The number of hydrogen-bond donors (Lipinski definition) is 2. The van der Waals surface area contributed by atoms with Gasteiger partial charge in [0.1, 0.15) is 5.75 Å². The lowest BCUT2D eigenvalue weighted by Crippen LogP contribution is -2.22. The Morgan fingerprint density at radius 3 is 2.31 bits per heavy atom. The molecule has 0 aliphatic carbocycles. The zero-order valence-corrected chi connectivity index (χ0v) is 16.5. The molecule has 3 rings (SSSR count). The molecule has 7 nitrogen and oxygen atoms in total. The van der Waals surface area contributed by atoms with E-state index in [1.54, 1.807) is 45.2 Å². The first-order chi connectivity index (χ1) is 13.9. The Bertz CT molecular complexity index is 1030. The van der Waals surface area contributed by atoms with E-state index in [0.29, 0.717) is 28.5 Å². The van der Waals surface area contributed by atoms with E-state index in [2.05, 4.69) is 20.6 Å². The molecule has 29 heavy (non-hydrogen) atoms. The molecule has 0 spiro atoms. The van der Waals surface area contributed by atoms with Gasteiger partial charge in [0.15, 0.2) is 11.6 Å². The molecule has 0 fully saturated rings. The third-order valence-corrected chi connectivity index (χ3v) is 4.21. The van der Waals surface area contributed by atoms with Crippen molar-refractivity contribution in [3.63, 3.8) is 0 Å². The fourth-order valence-electron chi connectivity index (χ4n) is 2.71. The van der Waals surface area contributed by atoms with Crippen molar-refractivity contribution in [1.29, 1.82) is 0 Å². The van der Waals surface area contributed by atoms with Crippen LogP contribution in [0, 0.1) is 26.6 Å². The summed E-state index contributed by atoms with van der Waals surface area (Å²) in [5.74, 6) is 0.224. The normalized spacial score (nSPS) is 10.4. The molecule has 1 aromatic heterocycles. The van der Waals surface area contributed by atoms with Gasteiger partial charge in [-0.15, -0.1) is 0 Å². The summed E-state index contributed by atoms with van der Waals surface area (Å²) in [6, 6.07) is 10.9. The number of urea groups is 1. The van der Waals surface area contributed by atoms with Gasteiger partial charge in [0.2, 0.25) is 0 Å². The maximum Gasteiger partial charge on any atom is 0.323 e. The first kappa shape index (κ1) is 20.1. The van der Waals surface area contributed by atoms with Gasteiger partial charge in [0.05, 0.1) is 24.2 Å². The number of anilines is 2. The summed E-state index contributed by atoms with van der Waals surface area (Å²) in [7, 11) is 1.58. The van der Waals surface area contributed by atoms with Gasteiger partial charge in [-0.2, -0.15) is 9.97 Å². The fourth-order valence-corrected chi connectivity index (χ4v) is 2.71. The number of amides is 2. The van der Waals surface area contributed by atoms with Gasteiger partial charge in [-0.25, -0.2) is 9.18 Å². The van der Waals surface area contributed by atoms with Crippen LogP contribution < -0.4 is 20.1 Å². The van der Waals surface area contributed by atoms with Crippen molar-refractivity contribution in [3.05, 3.63) is 65.2 Å². The molecule has 0 saturated heterocycles. The monoisotopic (exact) mass is 396 g/mol. The highest BCUT2D eigenvalue weighted by Gasteiger charge is 2.14. The average Bonchev–Trinajstić information content (AvgIpc) is 2.68. The largest absolute Gasteiger partial charge is 0.497 e. The van der Waals surface area contributed by atoms with Crippen LogP contribution in [0.25, 0.3) is 0 Å². The van der Waals surface area contributed by atoms with Gasteiger partial charge in [0, 0.05) is 5.69 Å². The maximum absolute atomic E-state index is 13.8. The minimum Gasteiger partial charge on any atom is -0.497 e. The van der Waals surface area contributed by atoms with Crippen LogP contribution >= 0.6 is 0 Å². The summed E-state index contributed by atoms with van der Waals surface area (Å²) in [5.41, 5.74) is 2.95. The maximum atomic E-state index is 13.8. The number of nitrogens with zero attached hydrogens (tertiary/aromatic N) is 2. The van der Waals surface area contributed by atoms with E-state index < -0.39 is 11.8 Å². The fraction of sp³-hybridized carbons (Fsp3) is 0.190. The number of aromatic nitrogens is 2. The first-order valence-electron chi connectivity index (χ1n) is 8.87. The Balaban J connectivity index is 1.74. The summed E-state index contributed by atoms with van der Waals surface area (Å²) in [5, 5.41) is 5.53. The van der Waals surface area contributed by atoms with Gasteiger partial charge in [-0.3, -0.25) is 0 Å². The van der Waals surface area contributed by atoms with E-state index >= 15 is 0 Å². The van der Waals surface area contributed by atoms with Gasteiger partial charge in [-0.1, -0.05) is 12.1 Å². The zero-order chi connectivity index (χ0) is 21.0. The standard InChI is InChI=1S/C21H21FN4O3/c1-12-11-15(28-4)9-10-17(12)25-20(27)26-19-13(2)23-21(24-14(19)3)29-18-8-6-5-7-16(18)22/h5-11H,1-4H3,(H2,25,26,27). The molecule has 0 radical (unpaired) electrons. The van der Waals surface area contributed by atoms with Crippen LogP contribution in [0.3, 0.4) is 0 Å². The Morgan fingerprint density at radius 2 is 1.69 bits per heavy atom. The topological polar surface area (TPSA) is 85.4 Å². The molecule has 2 amide bonds. The molecular formula is C21H21FN4O3. The number of benzene rings is 2. The van der Waals surface area contributed by atoms with E-state index in [4.69, 9.17) is 9.47 Å². The molecular weight excluding hydrogens is 375 g/mol. The van der Waals surface area contributed by atoms with Crippen LogP contribution in [-0.4, -0.2) is 23.1 Å². The highest BCUT2D eigenvalue weighted by molar-refractivity contribution is 6.00. The number of halogens is 1. The summed E-state index contributed by atoms with van der Waals surface area (Å²) >= 11 is 0. The van der Waals surface area contributed by atoms with Gasteiger partial charge < -0.3 is 20.1 Å².